The third-order valence-electron chi connectivity index (χ3n) is 1.49. The summed E-state index contributed by atoms with van der Waals surface area (Å²) < 4.78 is 0.947. The van der Waals surface area contributed by atoms with Crippen molar-refractivity contribution in [3.63, 3.8) is 0 Å². The van der Waals surface area contributed by atoms with Crippen LogP contribution in [0.25, 0.3) is 0 Å². The van der Waals surface area contributed by atoms with E-state index in [2.05, 4.69) is 21.2 Å². The molecule has 0 aliphatic rings. The fourth-order valence-corrected chi connectivity index (χ4v) is 1.04. The topological polar surface area (TPSA) is 49.3 Å². The van der Waals surface area contributed by atoms with Crippen molar-refractivity contribution in [2.45, 2.75) is 13.0 Å². The number of aliphatic hydroxyl groups is 1. The number of halogens is 1. The number of anilines is 1. The summed E-state index contributed by atoms with van der Waals surface area (Å²) in [5, 5.41) is 11.5. The Hall–Kier alpha value is -0.870. The van der Waals surface area contributed by atoms with Gasteiger partial charge in [-0.05, 0) is 31.2 Å². The van der Waals surface area contributed by atoms with Crippen molar-refractivity contribution >= 4 is 27.5 Å². The van der Waals surface area contributed by atoms with Gasteiger partial charge < -0.3 is 10.4 Å². The van der Waals surface area contributed by atoms with E-state index in [1.165, 1.54) is 6.92 Å². The predicted molar refractivity (Wildman–Crippen MR) is 54.5 cm³/mol. The van der Waals surface area contributed by atoms with E-state index in [4.69, 9.17) is 5.11 Å². The van der Waals surface area contributed by atoms with Gasteiger partial charge in [0.05, 0.1) is 0 Å². The molecule has 13 heavy (non-hydrogen) atoms. The maximum Gasteiger partial charge on any atom is 0.252 e. The second kappa shape index (κ2) is 4.39. The van der Waals surface area contributed by atoms with Crippen LogP contribution in [0.2, 0.25) is 0 Å². The van der Waals surface area contributed by atoms with E-state index in [0.717, 1.165) is 4.47 Å². The molecule has 0 aliphatic heterocycles. The van der Waals surface area contributed by atoms with E-state index < -0.39 is 12.0 Å². The van der Waals surface area contributed by atoms with Crippen LogP contribution in [0.3, 0.4) is 0 Å². The van der Waals surface area contributed by atoms with Crippen molar-refractivity contribution in [1.82, 2.24) is 0 Å². The Balaban J connectivity index is 2.65. The summed E-state index contributed by atoms with van der Waals surface area (Å²) >= 11 is 3.28. The molecule has 0 radical (unpaired) electrons. The van der Waals surface area contributed by atoms with Crippen LogP contribution in [0.15, 0.2) is 28.7 Å². The van der Waals surface area contributed by atoms with E-state index in [1.54, 1.807) is 12.1 Å². The minimum Gasteiger partial charge on any atom is -0.384 e. The number of nitrogens with one attached hydrogen (secondary N) is 1. The number of carbonyl (C=O) groups is 1. The van der Waals surface area contributed by atoms with Gasteiger partial charge in [-0.1, -0.05) is 15.9 Å². The predicted octanol–water partition coefficient (Wildman–Crippen LogP) is 1.77. The zero-order chi connectivity index (χ0) is 9.84. The van der Waals surface area contributed by atoms with Gasteiger partial charge in [-0.25, -0.2) is 0 Å². The zero-order valence-electron chi connectivity index (χ0n) is 7.12. The van der Waals surface area contributed by atoms with Gasteiger partial charge in [0.15, 0.2) is 0 Å². The molecule has 0 fully saturated rings. The second-order valence-electron chi connectivity index (χ2n) is 2.67. The maximum absolute atomic E-state index is 11.0. The first-order chi connectivity index (χ1) is 6.09. The molecule has 0 saturated heterocycles. The summed E-state index contributed by atoms with van der Waals surface area (Å²) in [4.78, 5) is 11.0. The number of amides is 1. The number of rotatable bonds is 2. The monoisotopic (exact) mass is 243 g/mol. The minimum absolute atomic E-state index is 0.401. The molecule has 1 amide bonds. The van der Waals surface area contributed by atoms with Crippen LogP contribution in [0.1, 0.15) is 6.92 Å². The molecule has 70 valence electrons. The maximum atomic E-state index is 11.0. The summed E-state index contributed by atoms with van der Waals surface area (Å²) in [6, 6.07) is 7.14. The molecule has 0 unspecified atom stereocenters. The molecule has 0 aliphatic carbocycles. The summed E-state index contributed by atoms with van der Waals surface area (Å²) in [5.74, 6) is -0.401. The van der Waals surface area contributed by atoms with Gasteiger partial charge in [0.2, 0.25) is 0 Å². The van der Waals surface area contributed by atoms with Crippen molar-refractivity contribution < 1.29 is 9.90 Å². The molecule has 0 spiro atoms. The SMILES string of the molecule is C[C@@H](O)C(=O)Nc1ccc(Br)cc1. The van der Waals surface area contributed by atoms with Gasteiger partial charge in [0.25, 0.3) is 5.91 Å². The van der Waals surface area contributed by atoms with Crippen LogP contribution in [0.5, 0.6) is 0 Å². The Morgan fingerprint density at radius 3 is 2.46 bits per heavy atom. The smallest absolute Gasteiger partial charge is 0.252 e. The molecule has 1 aromatic carbocycles. The van der Waals surface area contributed by atoms with Gasteiger partial charge in [-0.2, -0.15) is 0 Å². The van der Waals surface area contributed by atoms with Crippen molar-refractivity contribution in [2.75, 3.05) is 5.32 Å². The van der Waals surface area contributed by atoms with E-state index in [1.807, 2.05) is 12.1 Å². The highest BCUT2D eigenvalue weighted by Crippen LogP contribution is 2.14. The average Bonchev–Trinajstić information content (AvgIpc) is 2.08. The van der Waals surface area contributed by atoms with Crippen LogP contribution >= 0.6 is 15.9 Å². The van der Waals surface area contributed by atoms with E-state index in [9.17, 15) is 4.79 Å². The third kappa shape index (κ3) is 3.16. The number of hydrogen-bond donors (Lipinski definition) is 2. The number of hydrogen-bond acceptors (Lipinski definition) is 2. The highest BCUT2D eigenvalue weighted by molar-refractivity contribution is 9.10. The molecule has 1 rings (SSSR count). The first-order valence-corrected chi connectivity index (χ1v) is 4.63. The largest absolute Gasteiger partial charge is 0.384 e. The van der Waals surface area contributed by atoms with Gasteiger partial charge in [-0.15, -0.1) is 0 Å². The summed E-state index contributed by atoms with van der Waals surface area (Å²) in [5.41, 5.74) is 0.675. The lowest BCUT2D eigenvalue weighted by molar-refractivity contribution is -0.123. The summed E-state index contributed by atoms with van der Waals surface area (Å²) in [6.07, 6.45) is -0.983. The molecule has 4 heteroatoms. The third-order valence-corrected chi connectivity index (χ3v) is 2.02. The van der Waals surface area contributed by atoms with Crippen LogP contribution < -0.4 is 5.32 Å². The molecule has 0 bridgehead atoms. The van der Waals surface area contributed by atoms with Crippen molar-refractivity contribution in [2.24, 2.45) is 0 Å². The molecule has 0 heterocycles. The summed E-state index contributed by atoms with van der Waals surface area (Å²) in [7, 11) is 0. The van der Waals surface area contributed by atoms with Gasteiger partial charge in [0, 0.05) is 10.2 Å². The Morgan fingerprint density at radius 1 is 1.46 bits per heavy atom. The van der Waals surface area contributed by atoms with Crippen molar-refractivity contribution in [3.05, 3.63) is 28.7 Å². The van der Waals surface area contributed by atoms with Gasteiger partial charge in [-0.3, -0.25) is 4.79 Å². The molecule has 1 aromatic rings. The van der Waals surface area contributed by atoms with E-state index in [0.29, 0.717) is 5.69 Å². The molecular formula is C9H10BrNO2. The first kappa shape index (κ1) is 10.2. The van der Waals surface area contributed by atoms with Crippen LogP contribution in [0, 0.1) is 0 Å². The lowest BCUT2D eigenvalue weighted by Crippen LogP contribution is -2.24. The number of carbonyl (C=O) groups excluding carboxylic acids is 1. The minimum atomic E-state index is -0.983. The quantitative estimate of drug-likeness (QED) is 0.832. The second-order valence-corrected chi connectivity index (χ2v) is 3.59. The standard InChI is InChI=1S/C9H10BrNO2/c1-6(12)9(13)11-8-4-2-7(10)3-5-8/h2-6,12H,1H3,(H,11,13)/t6-/m1/s1. The summed E-state index contributed by atoms with van der Waals surface area (Å²) in [6.45, 7) is 1.42. The number of benzene rings is 1. The Morgan fingerprint density at radius 2 is 2.00 bits per heavy atom. The fourth-order valence-electron chi connectivity index (χ4n) is 0.780. The molecular weight excluding hydrogens is 234 g/mol. The molecule has 0 saturated carbocycles. The van der Waals surface area contributed by atoms with E-state index in [-0.39, 0.29) is 0 Å². The fraction of sp³-hybridized carbons (Fsp3) is 0.222. The van der Waals surface area contributed by atoms with Gasteiger partial charge >= 0.3 is 0 Å². The highest BCUT2D eigenvalue weighted by atomic mass is 79.9. The highest BCUT2D eigenvalue weighted by Gasteiger charge is 2.07. The Labute approximate surface area is 84.9 Å². The van der Waals surface area contributed by atoms with Gasteiger partial charge in [0.1, 0.15) is 6.10 Å². The van der Waals surface area contributed by atoms with Crippen LogP contribution in [0.4, 0.5) is 5.69 Å². The Kier molecular flexibility index (Phi) is 3.45. The van der Waals surface area contributed by atoms with Crippen LogP contribution in [-0.4, -0.2) is 17.1 Å². The zero-order valence-corrected chi connectivity index (χ0v) is 8.71. The Bertz CT molecular complexity index is 295. The molecule has 1 atom stereocenters. The number of aliphatic hydroxyl groups excluding tert-OH is 1. The van der Waals surface area contributed by atoms with Crippen LogP contribution in [-0.2, 0) is 4.79 Å². The van der Waals surface area contributed by atoms with Crippen molar-refractivity contribution in [3.8, 4) is 0 Å². The van der Waals surface area contributed by atoms with Crippen molar-refractivity contribution in [1.29, 1.82) is 0 Å². The normalized spacial score (nSPS) is 12.2. The molecule has 3 nitrogen and oxygen atoms in total. The lowest BCUT2D eigenvalue weighted by atomic mass is 10.3. The average molecular weight is 244 g/mol. The first-order valence-electron chi connectivity index (χ1n) is 3.84. The molecule has 2 N–H and O–H groups in total. The van der Waals surface area contributed by atoms with E-state index >= 15 is 0 Å². The molecule has 0 aromatic heterocycles. The lowest BCUT2D eigenvalue weighted by Gasteiger charge is -2.06.